The van der Waals surface area contributed by atoms with Crippen molar-refractivity contribution in [2.75, 3.05) is 0 Å². The van der Waals surface area contributed by atoms with Crippen LogP contribution in [0.3, 0.4) is 0 Å². The molecule has 0 aliphatic rings. The number of aromatic carboxylic acids is 1. The molecule has 0 radical (unpaired) electrons. The number of hydrogen-bond acceptors (Lipinski definition) is 4. The van der Waals surface area contributed by atoms with E-state index in [4.69, 9.17) is 4.98 Å². The van der Waals surface area contributed by atoms with Crippen LogP contribution >= 0.6 is 15.9 Å². The maximum absolute atomic E-state index is 13.4. The molecule has 2 aromatic heterocycles. The summed E-state index contributed by atoms with van der Waals surface area (Å²) in [5.41, 5.74) is 3.37. The SMILES string of the molecule is CC(C)c1nc2ccc(Br)cc2c(=O)n1N=Cc1cn(Cc2cccc(C(=O)O)c2)c2ccccc12. The van der Waals surface area contributed by atoms with Crippen LogP contribution < -0.4 is 5.56 Å². The lowest BCUT2D eigenvalue weighted by Gasteiger charge is -2.11. The van der Waals surface area contributed by atoms with Gasteiger partial charge in [-0.3, -0.25) is 4.79 Å². The van der Waals surface area contributed by atoms with Crippen LogP contribution in [0, 0.1) is 0 Å². The van der Waals surface area contributed by atoms with Crippen molar-refractivity contribution >= 4 is 49.9 Å². The smallest absolute Gasteiger partial charge is 0.335 e. The van der Waals surface area contributed by atoms with Crippen molar-refractivity contribution in [3.63, 3.8) is 0 Å². The van der Waals surface area contributed by atoms with Crippen molar-refractivity contribution < 1.29 is 9.90 Å². The number of rotatable bonds is 6. The maximum atomic E-state index is 13.4. The number of carbonyl (C=O) groups is 1. The molecule has 0 atom stereocenters. The van der Waals surface area contributed by atoms with E-state index in [0.29, 0.717) is 23.3 Å². The molecule has 0 saturated heterocycles. The molecule has 2 heterocycles. The second-order valence-corrected chi connectivity index (χ2v) is 9.80. The molecule has 0 amide bonds. The summed E-state index contributed by atoms with van der Waals surface area (Å²) in [6, 6.07) is 20.3. The second kappa shape index (κ2) is 9.54. The number of aromatic nitrogens is 3. The Morgan fingerprint density at radius 2 is 1.89 bits per heavy atom. The molecule has 0 aliphatic carbocycles. The molecule has 0 unspecified atom stereocenters. The highest BCUT2D eigenvalue weighted by atomic mass is 79.9. The first-order valence-corrected chi connectivity index (χ1v) is 12.3. The lowest BCUT2D eigenvalue weighted by Crippen LogP contribution is -2.23. The predicted molar refractivity (Wildman–Crippen MR) is 145 cm³/mol. The van der Waals surface area contributed by atoms with E-state index >= 15 is 0 Å². The van der Waals surface area contributed by atoms with Gasteiger partial charge in [-0.2, -0.15) is 9.78 Å². The molecule has 5 aromatic rings. The van der Waals surface area contributed by atoms with Gasteiger partial charge in [-0.15, -0.1) is 0 Å². The van der Waals surface area contributed by atoms with Crippen molar-refractivity contribution in [3.8, 4) is 0 Å². The van der Waals surface area contributed by atoms with Crippen molar-refractivity contribution in [2.45, 2.75) is 26.3 Å². The Morgan fingerprint density at radius 1 is 1.08 bits per heavy atom. The van der Waals surface area contributed by atoms with E-state index in [1.165, 1.54) is 4.68 Å². The summed E-state index contributed by atoms with van der Waals surface area (Å²) in [6.45, 7) is 4.46. The van der Waals surface area contributed by atoms with E-state index in [0.717, 1.165) is 26.5 Å². The third-order valence-electron chi connectivity index (χ3n) is 6.01. The van der Waals surface area contributed by atoms with Gasteiger partial charge in [0, 0.05) is 39.6 Å². The highest BCUT2D eigenvalue weighted by molar-refractivity contribution is 9.10. The average Bonchev–Trinajstić information content (AvgIpc) is 3.21. The number of para-hydroxylation sites is 1. The molecule has 180 valence electrons. The number of hydrogen-bond donors (Lipinski definition) is 1. The summed E-state index contributed by atoms with van der Waals surface area (Å²) in [5, 5.41) is 15.4. The van der Waals surface area contributed by atoms with Gasteiger partial charge in [0.05, 0.1) is 22.7 Å². The summed E-state index contributed by atoms with van der Waals surface area (Å²) in [5.74, 6) is -0.379. The molecule has 0 spiro atoms. The molecule has 3 aromatic carbocycles. The van der Waals surface area contributed by atoms with E-state index < -0.39 is 5.97 Å². The van der Waals surface area contributed by atoms with E-state index in [-0.39, 0.29) is 17.0 Å². The fourth-order valence-corrected chi connectivity index (χ4v) is 4.64. The second-order valence-electron chi connectivity index (χ2n) is 8.88. The maximum Gasteiger partial charge on any atom is 0.335 e. The van der Waals surface area contributed by atoms with Gasteiger partial charge in [0.2, 0.25) is 0 Å². The fourth-order valence-electron chi connectivity index (χ4n) is 4.28. The first-order valence-electron chi connectivity index (χ1n) is 11.5. The Balaban J connectivity index is 1.60. The molecule has 7 nitrogen and oxygen atoms in total. The highest BCUT2D eigenvalue weighted by Crippen LogP contribution is 2.23. The molecule has 0 bridgehead atoms. The Morgan fingerprint density at radius 3 is 2.67 bits per heavy atom. The lowest BCUT2D eigenvalue weighted by atomic mass is 10.1. The minimum absolute atomic E-state index is 0.00856. The molecule has 0 aliphatic heterocycles. The fraction of sp³-hybridized carbons (Fsp3) is 0.143. The zero-order valence-corrected chi connectivity index (χ0v) is 21.3. The van der Waals surface area contributed by atoms with Gasteiger partial charge in [0.1, 0.15) is 5.82 Å². The summed E-state index contributed by atoms with van der Waals surface area (Å²) in [6.07, 6.45) is 3.65. The third kappa shape index (κ3) is 4.47. The van der Waals surface area contributed by atoms with Crippen molar-refractivity contribution in [1.29, 1.82) is 0 Å². The molecule has 5 rings (SSSR count). The summed E-state index contributed by atoms with van der Waals surface area (Å²) in [7, 11) is 0. The van der Waals surface area contributed by atoms with E-state index in [1.807, 2.05) is 62.5 Å². The molecule has 0 fully saturated rings. The number of nitrogens with zero attached hydrogens (tertiary/aromatic N) is 4. The number of halogens is 1. The zero-order valence-electron chi connectivity index (χ0n) is 19.7. The van der Waals surface area contributed by atoms with Crippen LogP contribution in [0.1, 0.15) is 47.1 Å². The highest BCUT2D eigenvalue weighted by Gasteiger charge is 2.15. The minimum Gasteiger partial charge on any atom is -0.478 e. The van der Waals surface area contributed by atoms with E-state index in [9.17, 15) is 14.7 Å². The van der Waals surface area contributed by atoms with Crippen LogP contribution in [0.15, 0.2) is 87.3 Å². The summed E-state index contributed by atoms with van der Waals surface area (Å²) in [4.78, 5) is 29.5. The largest absolute Gasteiger partial charge is 0.478 e. The first-order chi connectivity index (χ1) is 17.3. The van der Waals surface area contributed by atoms with Gasteiger partial charge in [-0.25, -0.2) is 9.78 Å². The Bertz CT molecular complexity index is 1720. The monoisotopic (exact) mass is 542 g/mol. The van der Waals surface area contributed by atoms with E-state index in [1.54, 1.807) is 30.5 Å². The summed E-state index contributed by atoms with van der Waals surface area (Å²) >= 11 is 3.43. The first kappa shape index (κ1) is 23.7. The molecule has 36 heavy (non-hydrogen) atoms. The van der Waals surface area contributed by atoms with Crippen LogP contribution in [0.5, 0.6) is 0 Å². The predicted octanol–water partition coefficient (Wildman–Crippen LogP) is 5.87. The minimum atomic E-state index is -0.954. The van der Waals surface area contributed by atoms with Crippen LogP contribution in [0.4, 0.5) is 0 Å². The van der Waals surface area contributed by atoms with Crippen molar-refractivity contribution in [3.05, 3.63) is 110 Å². The molecule has 1 N–H and O–H groups in total. The standard InChI is InChI=1S/C28H23BrN4O3/c1-17(2)26-31-24-11-10-21(29)13-23(24)27(34)33(26)30-14-20-16-32(25-9-4-3-8-22(20)25)15-18-6-5-7-19(12-18)28(35)36/h3-14,16-17H,15H2,1-2H3,(H,35,36). The quantitative estimate of drug-likeness (QED) is 0.272. The number of benzene rings is 3. The van der Waals surface area contributed by atoms with Gasteiger partial charge in [-0.1, -0.05) is 60.1 Å². The van der Waals surface area contributed by atoms with Gasteiger partial charge in [-0.05, 0) is 42.0 Å². The normalized spacial score (nSPS) is 11.8. The summed E-state index contributed by atoms with van der Waals surface area (Å²) < 4.78 is 4.23. The topological polar surface area (TPSA) is 89.5 Å². The van der Waals surface area contributed by atoms with Crippen LogP contribution in [0.2, 0.25) is 0 Å². The number of carboxylic acid groups (broad SMARTS) is 1. The zero-order chi connectivity index (χ0) is 25.4. The third-order valence-corrected chi connectivity index (χ3v) is 6.50. The van der Waals surface area contributed by atoms with Crippen LogP contribution in [0.25, 0.3) is 21.8 Å². The van der Waals surface area contributed by atoms with Crippen LogP contribution in [-0.4, -0.2) is 31.5 Å². The van der Waals surface area contributed by atoms with Crippen LogP contribution in [-0.2, 0) is 6.54 Å². The van der Waals surface area contributed by atoms with E-state index in [2.05, 4.69) is 25.6 Å². The van der Waals surface area contributed by atoms with Gasteiger partial charge < -0.3 is 9.67 Å². The lowest BCUT2D eigenvalue weighted by molar-refractivity contribution is 0.0696. The molecular weight excluding hydrogens is 520 g/mol. The molecule has 0 saturated carbocycles. The Labute approximate surface area is 215 Å². The average molecular weight is 543 g/mol. The number of fused-ring (bicyclic) bond motifs is 2. The molecule has 8 heteroatoms. The number of carboxylic acids is 1. The van der Waals surface area contributed by atoms with Gasteiger partial charge >= 0.3 is 5.97 Å². The Hall–Kier alpha value is -4.04. The van der Waals surface area contributed by atoms with Crippen molar-refractivity contribution in [1.82, 2.24) is 14.2 Å². The van der Waals surface area contributed by atoms with Gasteiger partial charge in [0.15, 0.2) is 0 Å². The van der Waals surface area contributed by atoms with Crippen molar-refractivity contribution in [2.24, 2.45) is 5.10 Å². The molecular formula is C28H23BrN4O3. The van der Waals surface area contributed by atoms with Gasteiger partial charge in [0.25, 0.3) is 5.56 Å². The Kier molecular flexibility index (Phi) is 6.28.